The van der Waals surface area contributed by atoms with Gasteiger partial charge in [-0.3, -0.25) is 10.1 Å². The lowest BCUT2D eigenvalue weighted by Crippen LogP contribution is -2.35. The molecule has 0 heterocycles. The number of carbonyl (C=O) groups is 2. The number of para-hydroxylation sites is 1. The number of benzene rings is 2. The Morgan fingerprint density at radius 3 is 2.31 bits per heavy atom. The highest BCUT2D eigenvalue weighted by atomic mass is 79.9. The molecule has 0 radical (unpaired) electrons. The maximum absolute atomic E-state index is 12.6. The number of halogens is 3. The number of rotatable bonds is 4. The summed E-state index contributed by atoms with van der Waals surface area (Å²) in [6.45, 7) is 1.78. The van der Waals surface area contributed by atoms with Crippen molar-refractivity contribution in [2.24, 2.45) is 0 Å². The van der Waals surface area contributed by atoms with E-state index < -0.39 is 11.9 Å². The Bertz CT molecular complexity index is 826. The van der Waals surface area contributed by atoms with Crippen LogP contribution < -0.4 is 20.1 Å². The lowest BCUT2D eigenvalue weighted by atomic mass is 10.1. The molecule has 3 amide bonds. The number of urea groups is 1. The van der Waals surface area contributed by atoms with E-state index in [9.17, 15) is 9.59 Å². The molecule has 0 saturated heterocycles. The molecule has 9 heteroatoms. The van der Waals surface area contributed by atoms with Crippen LogP contribution in [0.25, 0.3) is 0 Å². The summed E-state index contributed by atoms with van der Waals surface area (Å²) in [6, 6.07) is 5.94. The molecular weight excluding hydrogens is 447 g/mol. The SMILES string of the molecule is COc1c(Cl)cc(Br)c(OC)c1C(=O)NC(=O)Nc1c(C)cccc1Cl. The quantitative estimate of drug-likeness (QED) is 0.668. The van der Waals surface area contributed by atoms with Crippen LogP contribution in [0.2, 0.25) is 10.0 Å². The fraction of sp³-hybridized carbons (Fsp3) is 0.176. The van der Waals surface area contributed by atoms with E-state index in [1.807, 2.05) is 0 Å². The van der Waals surface area contributed by atoms with E-state index in [4.69, 9.17) is 32.7 Å². The van der Waals surface area contributed by atoms with Crippen molar-refractivity contribution < 1.29 is 19.1 Å². The van der Waals surface area contributed by atoms with Crippen LogP contribution in [0.4, 0.5) is 10.5 Å². The van der Waals surface area contributed by atoms with Gasteiger partial charge in [-0.1, -0.05) is 35.3 Å². The van der Waals surface area contributed by atoms with Gasteiger partial charge in [-0.25, -0.2) is 4.79 Å². The lowest BCUT2D eigenvalue weighted by molar-refractivity contribution is 0.0961. The molecular formula is C17H15BrCl2N2O4. The van der Waals surface area contributed by atoms with Gasteiger partial charge in [-0.05, 0) is 40.5 Å². The molecule has 2 aromatic rings. The number of anilines is 1. The summed E-state index contributed by atoms with van der Waals surface area (Å²) in [6.07, 6.45) is 0. The van der Waals surface area contributed by atoms with Gasteiger partial charge < -0.3 is 14.8 Å². The molecule has 0 bridgehead atoms. The number of imide groups is 1. The molecule has 0 aliphatic heterocycles. The van der Waals surface area contributed by atoms with Crippen LogP contribution in [0.1, 0.15) is 15.9 Å². The molecule has 0 aromatic heterocycles. The Morgan fingerprint density at radius 2 is 1.73 bits per heavy atom. The minimum atomic E-state index is -0.758. The standard InChI is InChI=1S/C17H15BrCl2N2O4/c1-8-5-4-6-10(19)13(8)21-17(24)22-16(23)12-14(25-2)9(18)7-11(20)15(12)26-3/h4-7H,1-3H3,(H2,21,22,23,24). The third-order valence-electron chi connectivity index (χ3n) is 3.46. The number of carbonyl (C=O) groups excluding carboxylic acids is 2. The predicted molar refractivity (Wildman–Crippen MR) is 105 cm³/mol. The number of hydrogen-bond acceptors (Lipinski definition) is 4. The van der Waals surface area contributed by atoms with E-state index in [1.54, 1.807) is 25.1 Å². The number of aryl methyl sites for hydroxylation is 1. The first kappa shape index (κ1) is 20.4. The Morgan fingerprint density at radius 1 is 1.08 bits per heavy atom. The second-order valence-electron chi connectivity index (χ2n) is 5.12. The fourth-order valence-corrected chi connectivity index (χ4v) is 3.56. The molecule has 6 nitrogen and oxygen atoms in total. The highest BCUT2D eigenvalue weighted by molar-refractivity contribution is 9.10. The highest BCUT2D eigenvalue weighted by Crippen LogP contribution is 2.41. The molecule has 138 valence electrons. The van der Waals surface area contributed by atoms with E-state index in [1.165, 1.54) is 20.3 Å². The van der Waals surface area contributed by atoms with Gasteiger partial charge in [-0.2, -0.15) is 0 Å². The molecule has 0 spiro atoms. The summed E-state index contributed by atoms with van der Waals surface area (Å²) >= 11 is 15.4. The van der Waals surface area contributed by atoms with Crippen molar-refractivity contribution >= 4 is 56.8 Å². The van der Waals surface area contributed by atoms with E-state index in [-0.39, 0.29) is 22.1 Å². The first-order valence-corrected chi connectivity index (χ1v) is 8.82. The fourth-order valence-electron chi connectivity index (χ4n) is 2.29. The van der Waals surface area contributed by atoms with Crippen LogP contribution >= 0.6 is 39.1 Å². The molecule has 0 saturated carbocycles. The van der Waals surface area contributed by atoms with Gasteiger partial charge in [0.2, 0.25) is 0 Å². The summed E-state index contributed by atoms with van der Waals surface area (Å²) in [7, 11) is 2.75. The minimum absolute atomic E-state index is 0.0135. The average molecular weight is 462 g/mol. The third-order valence-corrected chi connectivity index (χ3v) is 4.65. The van der Waals surface area contributed by atoms with E-state index in [2.05, 4.69) is 26.6 Å². The van der Waals surface area contributed by atoms with Crippen LogP contribution in [-0.4, -0.2) is 26.2 Å². The van der Waals surface area contributed by atoms with Gasteiger partial charge in [0.25, 0.3) is 5.91 Å². The van der Waals surface area contributed by atoms with Crippen molar-refractivity contribution in [2.75, 3.05) is 19.5 Å². The van der Waals surface area contributed by atoms with E-state index in [0.29, 0.717) is 15.2 Å². The molecule has 2 N–H and O–H groups in total. The monoisotopic (exact) mass is 460 g/mol. The van der Waals surface area contributed by atoms with Gasteiger partial charge >= 0.3 is 6.03 Å². The molecule has 0 aliphatic rings. The van der Waals surface area contributed by atoms with Crippen molar-refractivity contribution in [3.63, 3.8) is 0 Å². The van der Waals surface area contributed by atoms with Crippen molar-refractivity contribution in [2.45, 2.75) is 6.92 Å². The van der Waals surface area contributed by atoms with Gasteiger partial charge in [0.05, 0.1) is 34.4 Å². The summed E-state index contributed by atoms with van der Waals surface area (Å²) < 4.78 is 10.9. The summed E-state index contributed by atoms with van der Waals surface area (Å²) in [5, 5.41) is 5.31. The largest absolute Gasteiger partial charge is 0.495 e. The molecule has 2 aromatic carbocycles. The maximum atomic E-state index is 12.6. The number of hydrogen-bond donors (Lipinski definition) is 2. The Hall–Kier alpha value is -1.96. The molecule has 0 fully saturated rings. The molecule has 0 aliphatic carbocycles. The van der Waals surface area contributed by atoms with Gasteiger partial charge in [0.1, 0.15) is 11.3 Å². The Labute approximate surface area is 168 Å². The zero-order valence-electron chi connectivity index (χ0n) is 14.1. The molecule has 26 heavy (non-hydrogen) atoms. The summed E-state index contributed by atoms with van der Waals surface area (Å²) in [5.41, 5.74) is 1.15. The lowest BCUT2D eigenvalue weighted by Gasteiger charge is -2.16. The summed E-state index contributed by atoms with van der Waals surface area (Å²) in [4.78, 5) is 24.9. The molecule has 2 rings (SSSR count). The zero-order valence-corrected chi connectivity index (χ0v) is 17.2. The van der Waals surface area contributed by atoms with E-state index in [0.717, 1.165) is 5.56 Å². The topological polar surface area (TPSA) is 76.7 Å². The highest BCUT2D eigenvalue weighted by Gasteiger charge is 2.25. The minimum Gasteiger partial charge on any atom is -0.495 e. The van der Waals surface area contributed by atoms with Crippen molar-refractivity contribution in [3.8, 4) is 11.5 Å². The Kier molecular flexibility index (Phi) is 6.75. The van der Waals surface area contributed by atoms with E-state index >= 15 is 0 Å². The van der Waals surface area contributed by atoms with Crippen molar-refractivity contribution in [3.05, 3.63) is 49.9 Å². The summed E-state index contributed by atoms with van der Waals surface area (Å²) in [5.74, 6) is -0.472. The van der Waals surface area contributed by atoms with Gasteiger partial charge in [-0.15, -0.1) is 0 Å². The zero-order chi connectivity index (χ0) is 19.4. The maximum Gasteiger partial charge on any atom is 0.326 e. The van der Waals surface area contributed by atoms with Crippen LogP contribution in [0.3, 0.4) is 0 Å². The van der Waals surface area contributed by atoms with Crippen LogP contribution in [-0.2, 0) is 0 Å². The van der Waals surface area contributed by atoms with Gasteiger partial charge in [0.15, 0.2) is 5.75 Å². The van der Waals surface area contributed by atoms with Crippen molar-refractivity contribution in [1.82, 2.24) is 5.32 Å². The van der Waals surface area contributed by atoms with Crippen LogP contribution in [0.5, 0.6) is 11.5 Å². The second kappa shape index (κ2) is 8.62. The Balaban J connectivity index is 2.31. The van der Waals surface area contributed by atoms with Crippen molar-refractivity contribution in [1.29, 1.82) is 0 Å². The predicted octanol–water partition coefficient (Wildman–Crippen LogP) is 5.04. The second-order valence-corrected chi connectivity index (χ2v) is 6.79. The molecule has 0 atom stereocenters. The van der Waals surface area contributed by atoms with Crippen LogP contribution in [0, 0.1) is 6.92 Å². The average Bonchev–Trinajstić information content (AvgIpc) is 2.57. The van der Waals surface area contributed by atoms with Crippen LogP contribution in [0.15, 0.2) is 28.7 Å². The number of ether oxygens (including phenoxy) is 2. The molecule has 0 unspecified atom stereocenters. The number of methoxy groups -OCH3 is 2. The smallest absolute Gasteiger partial charge is 0.326 e. The normalized spacial score (nSPS) is 10.2. The number of amides is 3. The number of nitrogens with one attached hydrogen (secondary N) is 2. The first-order valence-electron chi connectivity index (χ1n) is 7.27. The first-order chi connectivity index (χ1) is 12.3. The van der Waals surface area contributed by atoms with Gasteiger partial charge in [0, 0.05) is 0 Å². The third kappa shape index (κ3) is 4.23.